The summed E-state index contributed by atoms with van der Waals surface area (Å²) in [6.45, 7) is 17.2. The van der Waals surface area contributed by atoms with Gasteiger partial charge in [0.1, 0.15) is 11.7 Å². The molecule has 4 aliphatic heterocycles. The van der Waals surface area contributed by atoms with E-state index in [0.29, 0.717) is 36.9 Å². The standard InChI is InChI=1S/C32H55BrO8/c1-20(34)37-25(31(8)18-14-22(39-31)27(2,3)35)13-16-29(6,36)23-10-11-24-30(7,40-23)19-15-26(38-24)32(9)17-12-21(33)28(4,5)41-32/h21-26,35-36H,10-19H2,1-9H3/t21-,22+,23?,24-,25+,26-,29-,30+,31+,32+/m0/s1. The highest BCUT2D eigenvalue weighted by molar-refractivity contribution is 9.09. The lowest BCUT2D eigenvalue weighted by atomic mass is 9.75. The molecule has 4 fully saturated rings. The Labute approximate surface area is 255 Å². The minimum Gasteiger partial charge on any atom is -0.459 e. The molecule has 4 aliphatic rings. The van der Waals surface area contributed by atoms with Gasteiger partial charge in [0.15, 0.2) is 0 Å². The van der Waals surface area contributed by atoms with Crippen molar-refractivity contribution in [2.75, 3.05) is 0 Å². The van der Waals surface area contributed by atoms with Gasteiger partial charge in [-0.3, -0.25) is 4.79 Å². The Hall–Kier alpha value is -0.290. The van der Waals surface area contributed by atoms with Gasteiger partial charge in [-0.15, -0.1) is 0 Å². The van der Waals surface area contributed by atoms with Crippen molar-refractivity contribution in [3.63, 3.8) is 0 Å². The van der Waals surface area contributed by atoms with Crippen LogP contribution in [0.5, 0.6) is 0 Å². The molecule has 0 aromatic rings. The average molecular weight is 648 g/mol. The lowest BCUT2D eigenvalue weighted by Gasteiger charge is -2.56. The van der Waals surface area contributed by atoms with E-state index in [0.717, 1.165) is 32.1 Å². The van der Waals surface area contributed by atoms with Gasteiger partial charge in [-0.1, -0.05) is 15.9 Å². The second-order valence-electron chi connectivity index (χ2n) is 15.3. The first kappa shape index (κ1) is 33.6. The molecule has 8 nitrogen and oxygen atoms in total. The zero-order valence-electron chi connectivity index (χ0n) is 26.8. The predicted octanol–water partition coefficient (Wildman–Crippen LogP) is 5.75. The molecule has 2 N–H and O–H groups in total. The molecule has 10 atom stereocenters. The Morgan fingerprint density at radius 3 is 2.12 bits per heavy atom. The summed E-state index contributed by atoms with van der Waals surface area (Å²) in [5.41, 5.74) is -3.93. The molecule has 4 saturated heterocycles. The van der Waals surface area contributed by atoms with Crippen LogP contribution in [0.1, 0.15) is 127 Å². The number of ether oxygens (including phenoxy) is 5. The van der Waals surface area contributed by atoms with Gasteiger partial charge in [0.2, 0.25) is 0 Å². The number of hydrogen-bond donors (Lipinski definition) is 2. The van der Waals surface area contributed by atoms with Crippen molar-refractivity contribution in [1.29, 1.82) is 0 Å². The van der Waals surface area contributed by atoms with Gasteiger partial charge in [-0.2, -0.15) is 0 Å². The van der Waals surface area contributed by atoms with Crippen molar-refractivity contribution in [1.82, 2.24) is 0 Å². The third-order valence-corrected chi connectivity index (χ3v) is 12.1. The Morgan fingerprint density at radius 2 is 1.54 bits per heavy atom. The number of fused-ring (bicyclic) bond motifs is 1. The van der Waals surface area contributed by atoms with Gasteiger partial charge in [-0.05, 0) is 120 Å². The quantitative estimate of drug-likeness (QED) is 0.254. The van der Waals surface area contributed by atoms with Crippen molar-refractivity contribution < 1.29 is 38.7 Å². The molecule has 238 valence electrons. The molecule has 0 bridgehead atoms. The van der Waals surface area contributed by atoms with Crippen LogP contribution in [-0.2, 0) is 28.5 Å². The number of rotatable bonds is 8. The van der Waals surface area contributed by atoms with Gasteiger partial charge < -0.3 is 33.9 Å². The van der Waals surface area contributed by atoms with Crippen molar-refractivity contribution in [3.8, 4) is 0 Å². The van der Waals surface area contributed by atoms with Crippen LogP contribution in [0.2, 0.25) is 0 Å². The highest BCUT2D eigenvalue weighted by Gasteiger charge is 2.56. The number of hydrogen-bond acceptors (Lipinski definition) is 8. The Kier molecular flexibility index (Phi) is 9.48. The summed E-state index contributed by atoms with van der Waals surface area (Å²) in [7, 11) is 0. The van der Waals surface area contributed by atoms with Crippen LogP contribution in [0.25, 0.3) is 0 Å². The largest absolute Gasteiger partial charge is 0.459 e. The molecule has 4 heterocycles. The molecule has 0 amide bonds. The van der Waals surface area contributed by atoms with Gasteiger partial charge in [0.05, 0.1) is 52.4 Å². The molecule has 4 rings (SSSR count). The molecule has 0 aromatic carbocycles. The fraction of sp³-hybridized carbons (Fsp3) is 0.969. The fourth-order valence-corrected chi connectivity index (χ4v) is 7.97. The summed E-state index contributed by atoms with van der Waals surface area (Å²) < 4.78 is 32.1. The Bertz CT molecular complexity index is 948. The number of aliphatic hydroxyl groups is 2. The first-order valence-corrected chi connectivity index (χ1v) is 16.6. The third-order valence-electron chi connectivity index (χ3n) is 10.5. The van der Waals surface area contributed by atoms with Crippen LogP contribution in [-0.4, -0.2) is 85.1 Å². The monoisotopic (exact) mass is 646 g/mol. The van der Waals surface area contributed by atoms with E-state index in [4.69, 9.17) is 23.7 Å². The fourth-order valence-electron chi connectivity index (χ4n) is 7.64. The zero-order valence-corrected chi connectivity index (χ0v) is 28.3. The maximum absolute atomic E-state index is 12.0. The van der Waals surface area contributed by atoms with Crippen LogP contribution in [0.4, 0.5) is 0 Å². The van der Waals surface area contributed by atoms with Crippen molar-refractivity contribution >= 4 is 21.9 Å². The minimum absolute atomic E-state index is 0.00452. The van der Waals surface area contributed by atoms with Crippen LogP contribution < -0.4 is 0 Å². The van der Waals surface area contributed by atoms with Crippen LogP contribution in [0.3, 0.4) is 0 Å². The summed E-state index contributed by atoms with van der Waals surface area (Å²) in [4.78, 5) is 12.4. The van der Waals surface area contributed by atoms with Crippen LogP contribution in [0, 0.1) is 0 Å². The van der Waals surface area contributed by atoms with Crippen LogP contribution >= 0.6 is 15.9 Å². The molecule has 0 spiro atoms. The number of esters is 1. The minimum atomic E-state index is -1.12. The lowest BCUT2D eigenvalue weighted by Crippen LogP contribution is -2.63. The third kappa shape index (κ3) is 7.18. The first-order chi connectivity index (χ1) is 18.7. The van der Waals surface area contributed by atoms with Gasteiger partial charge in [-0.25, -0.2) is 0 Å². The van der Waals surface area contributed by atoms with E-state index in [1.807, 2.05) is 13.8 Å². The molecule has 41 heavy (non-hydrogen) atoms. The first-order valence-electron chi connectivity index (χ1n) is 15.7. The average Bonchev–Trinajstić information content (AvgIpc) is 3.26. The summed E-state index contributed by atoms with van der Waals surface area (Å²) in [5, 5.41) is 22.2. The maximum Gasteiger partial charge on any atom is 0.303 e. The normalized spacial score (nSPS) is 43.6. The SMILES string of the molecule is CC(=O)O[C@H](CC[C@](C)(O)C1CC[C@@H]2O[C@H]([C@@]3(C)CC[C@H](Br)C(C)(C)O3)CC[C@@]2(C)O1)[C@@]1(C)CC[C@H](C(C)(C)O)O1. The highest BCUT2D eigenvalue weighted by Crippen LogP contribution is 2.49. The van der Waals surface area contributed by atoms with E-state index in [9.17, 15) is 15.0 Å². The lowest BCUT2D eigenvalue weighted by molar-refractivity contribution is -0.301. The summed E-state index contributed by atoms with van der Waals surface area (Å²) in [6, 6.07) is 0. The molecule has 0 aliphatic carbocycles. The smallest absolute Gasteiger partial charge is 0.303 e. The molecule has 9 heteroatoms. The zero-order chi connectivity index (χ0) is 30.6. The summed E-state index contributed by atoms with van der Waals surface area (Å²) >= 11 is 3.79. The summed E-state index contributed by atoms with van der Waals surface area (Å²) in [5.74, 6) is -0.380. The molecule has 0 aromatic heterocycles. The predicted molar refractivity (Wildman–Crippen MR) is 160 cm³/mol. The highest BCUT2D eigenvalue weighted by atomic mass is 79.9. The van der Waals surface area contributed by atoms with E-state index in [-0.39, 0.29) is 41.6 Å². The topological polar surface area (TPSA) is 104 Å². The molecule has 1 unspecified atom stereocenters. The second-order valence-corrected chi connectivity index (χ2v) is 16.4. The number of alkyl halides is 1. The Morgan fingerprint density at radius 1 is 0.902 bits per heavy atom. The molecule has 0 radical (unpaired) electrons. The molecular formula is C32H55BrO8. The van der Waals surface area contributed by atoms with Crippen molar-refractivity contribution in [2.45, 2.75) is 195 Å². The van der Waals surface area contributed by atoms with E-state index in [2.05, 4.69) is 43.6 Å². The van der Waals surface area contributed by atoms with E-state index in [1.165, 1.54) is 6.92 Å². The van der Waals surface area contributed by atoms with E-state index < -0.39 is 28.5 Å². The van der Waals surface area contributed by atoms with Crippen molar-refractivity contribution in [2.24, 2.45) is 0 Å². The van der Waals surface area contributed by atoms with Gasteiger partial charge >= 0.3 is 5.97 Å². The molecule has 0 saturated carbocycles. The summed E-state index contributed by atoms with van der Waals surface area (Å²) in [6.07, 6.45) is 6.02. The van der Waals surface area contributed by atoms with E-state index >= 15 is 0 Å². The van der Waals surface area contributed by atoms with Gasteiger partial charge in [0.25, 0.3) is 0 Å². The Balaban J connectivity index is 1.38. The number of carbonyl (C=O) groups is 1. The molecular weight excluding hydrogens is 592 g/mol. The maximum atomic E-state index is 12.0. The van der Waals surface area contributed by atoms with Crippen LogP contribution in [0.15, 0.2) is 0 Å². The van der Waals surface area contributed by atoms with Gasteiger partial charge in [0, 0.05) is 11.8 Å². The van der Waals surface area contributed by atoms with Crippen molar-refractivity contribution in [3.05, 3.63) is 0 Å². The second kappa shape index (κ2) is 11.6. The van der Waals surface area contributed by atoms with E-state index in [1.54, 1.807) is 13.8 Å². The number of carbonyl (C=O) groups excluding carboxylic acids is 1. The number of halogens is 1.